The van der Waals surface area contributed by atoms with Gasteiger partial charge in [0.05, 0.1) is 17.7 Å². The van der Waals surface area contributed by atoms with Crippen LogP contribution in [-0.2, 0) is 6.42 Å². The number of benzene rings is 2. The number of hydrogen-bond acceptors (Lipinski definition) is 4. The fourth-order valence-electron chi connectivity index (χ4n) is 4.03. The topological polar surface area (TPSA) is 39.5 Å². The molecule has 0 bridgehead atoms. The molecule has 0 N–H and O–H groups in total. The highest BCUT2D eigenvalue weighted by Crippen LogP contribution is 2.43. The Morgan fingerprint density at radius 1 is 1.14 bits per heavy atom. The van der Waals surface area contributed by atoms with E-state index in [-0.39, 0.29) is 23.5 Å². The van der Waals surface area contributed by atoms with Crippen molar-refractivity contribution in [3.63, 3.8) is 0 Å². The van der Waals surface area contributed by atoms with E-state index in [1.807, 2.05) is 12.1 Å². The quantitative estimate of drug-likeness (QED) is 0.743. The molecule has 4 rings (SSSR count). The van der Waals surface area contributed by atoms with E-state index >= 15 is 0 Å². The van der Waals surface area contributed by atoms with Crippen molar-refractivity contribution >= 4 is 23.2 Å². The molecule has 1 fully saturated rings. The first-order valence-electron chi connectivity index (χ1n) is 9.23. The Labute approximate surface area is 174 Å². The Kier molecular flexibility index (Phi) is 5.48. The van der Waals surface area contributed by atoms with Gasteiger partial charge in [0.1, 0.15) is 6.10 Å². The molecule has 0 aromatic heterocycles. The van der Waals surface area contributed by atoms with Crippen molar-refractivity contribution in [3.8, 4) is 11.8 Å². The van der Waals surface area contributed by atoms with Gasteiger partial charge in [-0.2, -0.15) is 5.26 Å². The van der Waals surface area contributed by atoms with Crippen LogP contribution in [0.3, 0.4) is 0 Å². The van der Waals surface area contributed by atoms with Gasteiger partial charge in [0.25, 0.3) is 0 Å². The highest BCUT2D eigenvalue weighted by Gasteiger charge is 2.40. The lowest BCUT2D eigenvalue weighted by Crippen LogP contribution is -2.51. The molecule has 7 heteroatoms. The second kappa shape index (κ2) is 7.88. The second-order valence-corrected chi connectivity index (χ2v) is 8.21. The van der Waals surface area contributed by atoms with Gasteiger partial charge in [-0.25, -0.2) is 4.39 Å². The van der Waals surface area contributed by atoms with E-state index < -0.39 is 5.82 Å². The zero-order valence-electron chi connectivity index (χ0n) is 15.5. The molecular formula is C21H20Cl2FN3O. The van der Waals surface area contributed by atoms with E-state index in [1.165, 1.54) is 12.1 Å². The lowest BCUT2D eigenvalue weighted by atomic mass is 10.1. The fraction of sp³-hybridized carbons (Fsp3) is 0.381. The molecule has 2 aliphatic rings. The van der Waals surface area contributed by atoms with Crippen molar-refractivity contribution < 1.29 is 9.13 Å². The summed E-state index contributed by atoms with van der Waals surface area (Å²) >= 11 is 12.7. The van der Waals surface area contributed by atoms with Crippen LogP contribution in [0, 0.1) is 17.1 Å². The maximum Gasteiger partial charge on any atom is 0.166 e. The van der Waals surface area contributed by atoms with E-state index in [1.54, 1.807) is 12.1 Å². The molecule has 1 saturated heterocycles. The summed E-state index contributed by atoms with van der Waals surface area (Å²) in [4.78, 5) is 4.68. The molecule has 0 amide bonds. The first kappa shape index (κ1) is 19.5. The summed E-state index contributed by atoms with van der Waals surface area (Å²) < 4.78 is 20.7. The number of nitrogens with zero attached hydrogens (tertiary/aromatic N) is 3. The zero-order chi connectivity index (χ0) is 19.8. The number of piperazine rings is 1. The van der Waals surface area contributed by atoms with Crippen LogP contribution < -0.4 is 4.74 Å². The maximum atomic E-state index is 14.5. The monoisotopic (exact) mass is 419 g/mol. The molecule has 146 valence electrons. The summed E-state index contributed by atoms with van der Waals surface area (Å²) in [7, 11) is 2.11. The molecule has 4 nitrogen and oxygen atoms in total. The third kappa shape index (κ3) is 3.70. The van der Waals surface area contributed by atoms with E-state index in [4.69, 9.17) is 33.2 Å². The molecular weight excluding hydrogens is 400 g/mol. The van der Waals surface area contributed by atoms with Crippen molar-refractivity contribution in [2.75, 3.05) is 33.2 Å². The Hall–Kier alpha value is -1.84. The number of rotatable bonds is 3. The molecule has 2 atom stereocenters. The van der Waals surface area contributed by atoms with Crippen molar-refractivity contribution in [1.29, 1.82) is 5.26 Å². The standard InChI is InChI=1S/C21H20Cl2FN3O/c1-26-4-6-27(7-5-26)19-11-15-16(9-14(22)10-17(15)23)21(19)28-20-3-2-13(12-25)8-18(20)24/h2-3,8-10,19,21H,4-7,11H2,1H3/t19-,21+/m1/s1. The number of fused-ring (bicyclic) bond motifs is 1. The summed E-state index contributed by atoms with van der Waals surface area (Å²) in [5.41, 5.74) is 2.18. The van der Waals surface area contributed by atoms with Gasteiger partial charge in [0, 0.05) is 41.8 Å². The largest absolute Gasteiger partial charge is 0.481 e. The van der Waals surface area contributed by atoms with Crippen LogP contribution in [0.2, 0.25) is 10.0 Å². The van der Waals surface area contributed by atoms with Crippen LogP contribution in [0.15, 0.2) is 30.3 Å². The van der Waals surface area contributed by atoms with Crippen molar-refractivity contribution in [1.82, 2.24) is 9.80 Å². The van der Waals surface area contributed by atoms with E-state index in [2.05, 4.69) is 16.8 Å². The lowest BCUT2D eigenvalue weighted by Gasteiger charge is -2.38. The molecule has 1 aliphatic carbocycles. The SMILES string of the molecule is CN1CCN([C@@H]2Cc3c(Cl)cc(Cl)cc3[C@@H]2Oc2ccc(C#N)cc2F)CC1. The minimum Gasteiger partial charge on any atom is -0.481 e. The first-order chi connectivity index (χ1) is 13.5. The summed E-state index contributed by atoms with van der Waals surface area (Å²) in [5, 5.41) is 10.1. The number of hydrogen-bond donors (Lipinski definition) is 0. The zero-order valence-corrected chi connectivity index (χ0v) is 17.0. The van der Waals surface area contributed by atoms with Gasteiger partial charge in [0.15, 0.2) is 11.6 Å². The summed E-state index contributed by atoms with van der Waals surface area (Å²) in [6.45, 7) is 3.77. The van der Waals surface area contributed by atoms with Crippen LogP contribution >= 0.6 is 23.2 Å². The van der Waals surface area contributed by atoms with E-state index in [9.17, 15) is 4.39 Å². The Balaban J connectivity index is 1.69. The van der Waals surface area contributed by atoms with Crippen LogP contribution in [0.1, 0.15) is 22.8 Å². The highest BCUT2D eigenvalue weighted by atomic mass is 35.5. The second-order valence-electron chi connectivity index (χ2n) is 7.36. The molecule has 1 aliphatic heterocycles. The Bertz CT molecular complexity index is 938. The molecule has 28 heavy (non-hydrogen) atoms. The number of ether oxygens (including phenoxy) is 1. The highest BCUT2D eigenvalue weighted by molar-refractivity contribution is 6.35. The summed E-state index contributed by atoms with van der Waals surface area (Å²) in [6, 6.07) is 9.87. The third-order valence-electron chi connectivity index (χ3n) is 5.59. The normalized spacial score (nSPS) is 22.7. The Morgan fingerprint density at radius 2 is 1.89 bits per heavy atom. The average molecular weight is 420 g/mol. The van der Waals surface area contributed by atoms with E-state index in [0.29, 0.717) is 10.0 Å². The molecule has 0 saturated carbocycles. The van der Waals surface area contributed by atoms with Gasteiger partial charge in [-0.05, 0) is 49.4 Å². The summed E-state index contributed by atoms with van der Waals surface area (Å²) in [6.07, 6.45) is 0.356. The van der Waals surface area contributed by atoms with Crippen LogP contribution in [0.4, 0.5) is 4.39 Å². The summed E-state index contributed by atoms with van der Waals surface area (Å²) in [5.74, 6) is -0.412. The number of halogens is 3. The number of nitriles is 1. The minimum atomic E-state index is -0.544. The predicted molar refractivity (Wildman–Crippen MR) is 108 cm³/mol. The van der Waals surface area contributed by atoms with E-state index in [0.717, 1.165) is 43.7 Å². The molecule has 2 aromatic carbocycles. The fourth-order valence-corrected chi connectivity index (χ4v) is 4.62. The number of likely N-dealkylation sites (N-methyl/N-ethyl adjacent to an activating group) is 1. The molecule has 0 radical (unpaired) electrons. The van der Waals surface area contributed by atoms with Gasteiger partial charge in [0.2, 0.25) is 0 Å². The smallest absolute Gasteiger partial charge is 0.166 e. The third-order valence-corrected chi connectivity index (χ3v) is 6.14. The van der Waals surface area contributed by atoms with Crippen LogP contribution in [0.25, 0.3) is 0 Å². The molecule has 0 unspecified atom stereocenters. The van der Waals surface area contributed by atoms with Crippen LogP contribution in [0.5, 0.6) is 5.75 Å². The van der Waals surface area contributed by atoms with Gasteiger partial charge in [-0.15, -0.1) is 0 Å². The van der Waals surface area contributed by atoms with Gasteiger partial charge >= 0.3 is 0 Å². The average Bonchev–Trinajstić information content (AvgIpc) is 3.02. The van der Waals surface area contributed by atoms with Gasteiger partial charge in [-0.1, -0.05) is 23.2 Å². The molecule has 1 heterocycles. The first-order valence-corrected chi connectivity index (χ1v) is 9.98. The predicted octanol–water partition coefficient (Wildman–Crippen LogP) is 4.30. The van der Waals surface area contributed by atoms with Gasteiger partial charge < -0.3 is 9.64 Å². The van der Waals surface area contributed by atoms with Crippen molar-refractivity contribution in [2.45, 2.75) is 18.6 Å². The maximum absolute atomic E-state index is 14.5. The molecule has 0 spiro atoms. The Morgan fingerprint density at radius 3 is 2.57 bits per heavy atom. The van der Waals surface area contributed by atoms with Crippen LogP contribution in [-0.4, -0.2) is 49.1 Å². The lowest BCUT2D eigenvalue weighted by molar-refractivity contribution is 0.0437. The minimum absolute atomic E-state index is 0.0507. The molecule has 2 aromatic rings. The van der Waals surface area contributed by atoms with Gasteiger partial charge in [-0.3, -0.25) is 4.90 Å². The van der Waals surface area contributed by atoms with Crippen molar-refractivity contribution in [2.24, 2.45) is 0 Å². The van der Waals surface area contributed by atoms with Crippen molar-refractivity contribution in [3.05, 3.63) is 62.9 Å².